The van der Waals surface area contributed by atoms with Crippen LogP contribution in [0.5, 0.6) is 11.6 Å². The van der Waals surface area contributed by atoms with Crippen molar-refractivity contribution in [1.29, 1.82) is 0 Å². The van der Waals surface area contributed by atoms with Gasteiger partial charge in [0.15, 0.2) is 5.65 Å². The molecule has 0 saturated heterocycles. The van der Waals surface area contributed by atoms with Gasteiger partial charge in [-0.05, 0) is 17.7 Å². The molecule has 0 bridgehead atoms. The van der Waals surface area contributed by atoms with Crippen molar-refractivity contribution in [1.82, 2.24) is 24.6 Å². The van der Waals surface area contributed by atoms with Gasteiger partial charge in [-0.3, -0.25) is 4.40 Å². The van der Waals surface area contributed by atoms with Crippen molar-refractivity contribution in [2.45, 2.75) is 13.0 Å². The van der Waals surface area contributed by atoms with E-state index in [1.54, 1.807) is 25.8 Å². The summed E-state index contributed by atoms with van der Waals surface area (Å²) < 4.78 is 12.6. The standard InChI is InChI=1S/C20H18N6O2/c1-27-18-6-5-14(9-21-18)16-11-23-20(26-12-24-25-19(16)26)22-10-13-3-2-4-17-15(13)7-8-28-17/h2-6,9,11-12H,7-8,10H2,1H3,(H,22,23). The summed E-state index contributed by atoms with van der Waals surface area (Å²) in [7, 11) is 1.59. The van der Waals surface area contributed by atoms with Crippen LogP contribution in [0.3, 0.4) is 0 Å². The highest BCUT2D eigenvalue weighted by atomic mass is 16.5. The lowest BCUT2D eigenvalue weighted by Crippen LogP contribution is -2.08. The lowest BCUT2D eigenvalue weighted by Gasteiger charge is -2.12. The fraction of sp³-hybridized carbons (Fsp3) is 0.200. The van der Waals surface area contributed by atoms with E-state index in [2.05, 4.69) is 31.5 Å². The quantitative estimate of drug-likeness (QED) is 0.575. The molecule has 8 heteroatoms. The van der Waals surface area contributed by atoms with Gasteiger partial charge < -0.3 is 14.8 Å². The monoisotopic (exact) mass is 374 g/mol. The van der Waals surface area contributed by atoms with Crippen LogP contribution in [0.2, 0.25) is 0 Å². The Kier molecular flexibility index (Phi) is 4.01. The third kappa shape index (κ3) is 2.79. The van der Waals surface area contributed by atoms with Gasteiger partial charge in [0.05, 0.1) is 13.7 Å². The summed E-state index contributed by atoms with van der Waals surface area (Å²) in [6.45, 7) is 1.39. The first-order chi connectivity index (χ1) is 13.8. The van der Waals surface area contributed by atoms with Crippen molar-refractivity contribution in [2.75, 3.05) is 19.0 Å². The van der Waals surface area contributed by atoms with Gasteiger partial charge in [0.1, 0.15) is 12.1 Å². The molecule has 5 rings (SSSR count). The molecule has 1 aromatic carbocycles. The molecule has 0 atom stereocenters. The minimum absolute atomic E-state index is 0.562. The molecule has 0 unspecified atom stereocenters. The zero-order chi connectivity index (χ0) is 18.9. The summed E-state index contributed by atoms with van der Waals surface area (Å²) in [5.41, 5.74) is 4.94. The maximum Gasteiger partial charge on any atom is 0.212 e. The van der Waals surface area contributed by atoms with Gasteiger partial charge >= 0.3 is 0 Å². The summed E-state index contributed by atoms with van der Waals surface area (Å²) in [6.07, 6.45) is 6.12. The van der Waals surface area contributed by atoms with E-state index in [0.717, 1.165) is 29.9 Å². The number of fused-ring (bicyclic) bond motifs is 2. The molecular weight excluding hydrogens is 356 g/mol. The third-order valence-electron chi connectivity index (χ3n) is 4.87. The Labute approximate surface area is 161 Å². The van der Waals surface area contributed by atoms with E-state index in [0.29, 0.717) is 24.0 Å². The fourth-order valence-electron chi connectivity index (χ4n) is 3.45. The number of benzene rings is 1. The van der Waals surface area contributed by atoms with Crippen molar-refractivity contribution in [3.05, 3.63) is 60.2 Å². The number of rotatable bonds is 5. The lowest BCUT2D eigenvalue weighted by atomic mass is 10.1. The van der Waals surface area contributed by atoms with Gasteiger partial charge in [-0.25, -0.2) is 9.97 Å². The molecule has 3 aromatic heterocycles. The van der Waals surface area contributed by atoms with Crippen LogP contribution in [0, 0.1) is 0 Å². The van der Waals surface area contributed by atoms with Crippen molar-refractivity contribution >= 4 is 11.6 Å². The molecule has 0 aliphatic carbocycles. The van der Waals surface area contributed by atoms with Crippen molar-refractivity contribution in [2.24, 2.45) is 0 Å². The number of nitrogens with zero attached hydrogens (tertiary/aromatic N) is 5. The molecule has 4 aromatic rings. The van der Waals surface area contributed by atoms with Crippen molar-refractivity contribution in [3.63, 3.8) is 0 Å². The number of pyridine rings is 1. The van der Waals surface area contributed by atoms with Crippen LogP contribution in [-0.4, -0.2) is 38.3 Å². The zero-order valence-corrected chi connectivity index (χ0v) is 15.3. The number of hydrogen-bond acceptors (Lipinski definition) is 7. The SMILES string of the molecule is COc1ccc(-c2cnc(NCc3cccc4c3CCO4)n3cnnc23)cn1. The summed E-state index contributed by atoms with van der Waals surface area (Å²) >= 11 is 0. The maximum atomic E-state index is 5.65. The second kappa shape index (κ2) is 6.80. The summed E-state index contributed by atoms with van der Waals surface area (Å²) in [5.74, 6) is 2.22. The summed E-state index contributed by atoms with van der Waals surface area (Å²) in [6, 6.07) is 9.88. The Hall–Kier alpha value is -3.68. The van der Waals surface area contributed by atoms with Crippen molar-refractivity contribution in [3.8, 4) is 22.8 Å². The largest absolute Gasteiger partial charge is 0.493 e. The molecule has 1 aliphatic heterocycles. The van der Waals surface area contributed by atoms with E-state index in [9.17, 15) is 0 Å². The number of hydrogen-bond donors (Lipinski definition) is 1. The number of aromatic nitrogens is 5. The Morgan fingerprint density at radius 1 is 1.18 bits per heavy atom. The number of anilines is 1. The van der Waals surface area contributed by atoms with Gasteiger partial charge in [-0.1, -0.05) is 12.1 Å². The predicted molar refractivity (Wildman–Crippen MR) is 104 cm³/mol. The predicted octanol–water partition coefficient (Wildman–Crippen LogP) is 2.74. The van der Waals surface area contributed by atoms with Gasteiger partial charge in [-0.15, -0.1) is 10.2 Å². The molecule has 1 N–H and O–H groups in total. The minimum atomic E-state index is 0.562. The summed E-state index contributed by atoms with van der Waals surface area (Å²) in [5, 5.41) is 11.7. The van der Waals surface area contributed by atoms with E-state index >= 15 is 0 Å². The van der Waals surface area contributed by atoms with Crippen LogP contribution in [0.15, 0.2) is 49.1 Å². The molecule has 4 heterocycles. The zero-order valence-electron chi connectivity index (χ0n) is 15.3. The molecule has 1 aliphatic rings. The molecular formula is C20H18N6O2. The highest BCUT2D eigenvalue weighted by molar-refractivity contribution is 5.77. The first kappa shape index (κ1) is 16.5. The van der Waals surface area contributed by atoms with Gasteiger partial charge in [0.25, 0.3) is 0 Å². The van der Waals surface area contributed by atoms with Gasteiger partial charge in [0, 0.05) is 48.1 Å². The smallest absolute Gasteiger partial charge is 0.212 e. The lowest BCUT2D eigenvalue weighted by molar-refractivity contribution is 0.357. The first-order valence-corrected chi connectivity index (χ1v) is 9.00. The minimum Gasteiger partial charge on any atom is -0.493 e. The van der Waals surface area contributed by atoms with E-state index < -0.39 is 0 Å². The fourth-order valence-corrected chi connectivity index (χ4v) is 3.45. The van der Waals surface area contributed by atoms with Gasteiger partial charge in [0.2, 0.25) is 11.8 Å². The van der Waals surface area contributed by atoms with E-state index in [4.69, 9.17) is 9.47 Å². The van der Waals surface area contributed by atoms with Crippen LogP contribution < -0.4 is 14.8 Å². The molecule has 0 radical (unpaired) electrons. The highest BCUT2D eigenvalue weighted by Gasteiger charge is 2.16. The third-order valence-corrected chi connectivity index (χ3v) is 4.87. The topological polar surface area (TPSA) is 86.5 Å². The molecule has 0 amide bonds. The second-order valence-electron chi connectivity index (χ2n) is 6.46. The van der Waals surface area contributed by atoms with Crippen LogP contribution in [0.25, 0.3) is 16.8 Å². The van der Waals surface area contributed by atoms with Crippen LogP contribution in [0.4, 0.5) is 5.95 Å². The average molecular weight is 374 g/mol. The van der Waals surface area contributed by atoms with E-state index in [-0.39, 0.29) is 0 Å². The second-order valence-corrected chi connectivity index (χ2v) is 6.46. The Morgan fingerprint density at radius 3 is 3.00 bits per heavy atom. The number of ether oxygens (including phenoxy) is 2. The molecule has 0 spiro atoms. The number of methoxy groups -OCH3 is 1. The van der Waals surface area contributed by atoms with E-state index in [1.165, 1.54) is 11.1 Å². The van der Waals surface area contributed by atoms with Crippen molar-refractivity contribution < 1.29 is 9.47 Å². The molecule has 0 fully saturated rings. The normalized spacial score (nSPS) is 12.6. The number of nitrogens with one attached hydrogen (secondary N) is 1. The Bertz CT molecular complexity index is 1140. The Morgan fingerprint density at radius 2 is 2.14 bits per heavy atom. The molecule has 28 heavy (non-hydrogen) atoms. The molecule has 140 valence electrons. The van der Waals surface area contributed by atoms with Crippen LogP contribution >= 0.6 is 0 Å². The van der Waals surface area contributed by atoms with E-state index in [1.807, 2.05) is 28.7 Å². The molecule has 8 nitrogen and oxygen atoms in total. The molecule has 0 saturated carbocycles. The average Bonchev–Trinajstić information content (AvgIpc) is 3.42. The van der Waals surface area contributed by atoms with Crippen LogP contribution in [0.1, 0.15) is 11.1 Å². The highest BCUT2D eigenvalue weighted by Crippen LogP contribution is 2.29. The first-order valence-electron chi connectivity index (χ1n) is 9.00. The Balaban J connectivity index is 1.45. The maximum absolute atomic E-state index is 5.65. The van der Waals surface area contributed by atoms with Gasteiger partial charge in [-0.2, -0.15) is 0 Å². The van der Waals surface area contributed by atoms with Crippen LogP contribution in [-0.2, 0) is 13.0 Å². The summed E-state index contributed by atoms with van der Waals surface area (Å²) in [4.78, 5) is 8.85.